The molecular weight excluding hydrogens is 220 g/mol. The fourth-order valence-electron chi connectivity index (χ4n) is 1.74. The summed E-state index contributed by atoms with van der Waals surface area (Å²) in [7, 11) is 0. The van der Waals surface area contributed by atoms with Crippen molar-refractivity contribution in [2.45, 2.75) is 0 Å². The van der Waals surface area contributed by atoms with E-state index in [1.807, 2.05) is 78.9 Å². The Morgan fingerprint density at radius 1 is 0.611 bits per heavy atom. The van der Waals surface area contributed by atoms with Crippen LogP contribution in [-0.4, -0.2) is 6.29 Å². The quantitative estimate of drug-likeness (QED) is 0.572. The van der Waals surface area contributed by atoms with Crippen LogP contribution in [0.15, 0.2) is 78.9 Å². The number of fused-ring (bicyclic) bond motifs is 1. The summed E-state index contributed by atoms with van der Waals surface area (Å²) in [6, 6.07) is 25.6. The number of carbonyl (C=O) groups is 1. The first-order chi connectivity index (χ1) is 8.92. The topological polar surface area (TPSA) is 17.1 Å². The van der Waals surface area contributed by atoms with Crippen LogP contribution in [0.25, 0.3) is 10.8 Å². The van der Waals surface area contributed by atoms with Gasteiger partial charge in [-0.15, -0.1) is 0 Å². The maximum Gasteiger partial charge on any atom is 0.150 e. The molecule has 0 amide bonds. The summed E-state index contributed by atoms with van der Waals surface area (Å²) in [6.45, 7) is 0. The molecule has 0 aliphatic carbocycles. The minimum Gasteiger partial charge on any atom is -0.298 e. The minimum absolute atomic E-state index is 0.758. The zero-order chi connectivity index (χ0) is 12.6. The summed E-state index contributed by atoms with van der Waals surface area (Å²) in [6.07, 6.45) is 0.891. The number of hydrogen-bond acceptors (Lipinski definition) is 1. The van der Waals surface area contributed by atoms with Crippen molar-refractivity contribution in [1.82, 2.24) is 0 Å². The average Bonchev–Trinajstić information content (AvgIpc) is 2.49. The van der Waals surface area contributed by atoms with Gasteiger partial charge in [-0.2, -0.15) is 0 Å². The Hall–Kier alpha value is -2.41. The van der Waals surface area contributed by atoms with Crippen LogP contribution in [0.3, 0.4) is 0 Å². The van der Waals surface area contributed by atoms with Crippen molar-refractivity contribution in [2.75, 3.05) is 0 Å². The van der Waals surface area contributed by atoms with Crippen molar-refractivity contribution in [3.63, 3.8) is 0 Å². The summed E-state index contributed by atoms with van der Waals surface area (Å²) >= 11 is 0. The summed E-state index contributed by atoms with van der Waals surface area (Å²) < 4.78 is 0. The molecule has 88 valence electrons. The molecule has 0 spiro atoms. The molecule has 18 heavy (non-hydrogen) atoms. The fraction of sp³-hybridized carbons (Fsp3) is 0. The molecule has 0 heterocycles. The van der Waals surface area contributed by atoms with Gasteiger partial charge >= 0.3 is 0 Å². The lowest BCUT2D eigenvalue weighted by molar-refractivity contribution is 0.112. The van der Waals surface area contributed by atoms with Crippen LogP contribution in [0.4, 0.5) is 0 Å². The van der Waals surface area contributed by atoms with E-state index >= 15 is 0 Å². The zero-order valence-corrected chi connectivity index (χ0v) is 9.99. The summed E-state index contributed by atoms with van der Waals surface area (Å²) in [4.78, 5) is 10.6. The van der Waals surface area contributed by atoms with E-state index in [1.165, 1.54) is 0 Å². The van der Waals surface area contributed by atoms with Crippen LogP contribution >= 0.6 is 0 Å². The lowest BCUT2D eigenvalue weighted by Gasteiger charge is -1.98. The molecule has 0 atom stereocenters. The summed E-state index contributed by atoms with van der Waals surface area (Å²) in [5.74, 6) is 0. The number of benzene rings is 3. The maximum atomic E-state index is 10.6. The Labute approximate surface area is 107 Å². The van der Waals surface area contributed by atoms with E-state index in [0.717, 1.165) is 22.6 Å². The highest BCUT2D eigenvalue weighted by Crippen LogP contribution is 2.16. The molecule has 3 aromatic rings. The molecule has 0 aliphatic rings. The van der Waals surface area contributed by atoms with Gasteiger partial charge in [0.05, 0.1) is 0 Å². The van der Waals surface area contributed by atoms with Gasteiger partial charge < -0.3 is 0 Å². The minimum atomic E-state index is 0.758. The van der Waals surface area contributed by atoms with E-state index in [-0.39, 0.29) is 0 Å². The molecule has 0 N–H and O–H groups in total. The summed E-state index contributed by atoms with van der Waals surface area (Å²) in [5.41, 5.74) is 0.758. The second kappa shape index (κ2) is 6.36. The third kappa shape index (κ3) is 3.05. The van der Waals surface area contributed by atoms with Crippen LogP contribution in [0.5, 0.6) is 0 Å². The average molecular weight is 234 g/mol. The van der Waals surface area contributed by atoms with Crippen molar-refractivity contribution in [2.24, 2.45) is 0 Å². The van der Waals surface area contributed by atoms with Gasteiger partial charge in [0, 0.05) is 5.56 Å². The Bertz CT molecular complexity index is 583. The zero-order valence-electron chi connectivity index (χ0n) is 9.99. The molecule has 3 rings (SSSR count). The van der Waals surface area contributed by atoms with Gasteiger partial charge in [0.1, 0.15) is 0 Å². The lowest BCUT2D eigenvalue weighted by Crippen LogP contribution is -1.81. The standard InChI is InChI=1S/C11H8O.C6H6/c12-8-10-6-3-5-9-4-1-2-7-11(9)10;1-2-4-6-5-3-1/h1-8H;1-6H. The van der Waals surface area contributed by atoms with Gasteiger partial charge in [0.25, 0.3) is 0 Å². The number of hydrogen-bond donors (Lipinski definition) is 0. The van der Waals surface area contributed by atoms with E-state index in [9.17, 15) is 4.79 Å². The normalized spacial score (nSPS) is 9.33. The van der Waals surface area contributed by atoms with Gasteiger partial charge in [-0.3, -0.25) is 4.79 Å². The van der Waals surface area contributed by atoms with Crippen molar-refractivity contribution < 1.29 is 4.79 Å². The molecule has 0 aliphatic heterocycles. The first-order valence-electron chi connectivity index (χ1n) is 5.85. The van der Waals surface area contributed by atoms with Crippen LogP contribution in [0.2, 0.25) is 0 Å². The molecule has 0 saturated carbocycles. The summed E-state index contributed by atoms with van der Waals surface area (Å²) in [5, 5.41) is 2.14. The second-order valence-electron chi connectivity index (χ2n) is 3.84. The Morgan fingerprint density at radius 3 is 1.78 bits per heavy atom. The molecule has 3 aromatic carbocycles. The van der Waals surface area contributed by atoms with Crippen LogP contribution in [-0.2, 0) is 0 Å². The van der Waals surface area contributed by atoms with Crippen LogP contribution in [0, 0.1) is 0 Å². The van der Waals surface area contributed by atoms with E-state index in [0.29, 0.717) is 0 Å². The largest absolute Gasteiger partial charge is 0.298 e. The first-order valence-corrected chi connectivity index (χ1v) is 5.85. The third-order valence-electron chi connectivity index (χ3n) is 2.62. The van der Waals surface area contributed by atoms with Gasteiger partial charge in [0.15, 0.2) is 6.29 Å². The van der Waals surface area contributed by atoms with Gasteiger partial charge in [-0.05, 0) is 10.8 Å². The highest BCUT2D eigenvalue weighted by Gasteiger charge is 1.96. The molecule has 0 bridgehead atoms. The molecule has 0 fully saturated rings. The smallest absolute Gasteiger partial charge is 0.150 e. The molecule has 0 saturated heterocycles. The lowest BCUT2D eigenvalue weighted by atomic mass is 10.1. The highest BCUT2D eigenvalue weighted by atomic mass is 16.1. The van der Waals surface area contributed by atoms with Crippen molar-refractivity contribution in [3.05, 3.63) is 84.4 Å². The van der Waals surface area contributed by atoms with Crippen LogP contribution < -0.4 is 0 Å². The molecular formula is C17H14O. The Kier molecular flexibility index (Phi) is 4.26. The molecule has 1 nitrogen and oxygen atoms in total. The van der Waals surface area contributed by atoms with Gasteiger partial charge in [-0.25, -0.2) is 0 Å². The van der Waals surface area contributed by atoms with Crippen molar-refractivity contribution in [1.29, 1.82) is 0 Å². The monoisotopic (exact) mass is 234 g/mol. The third-order valence-corrected chi connectivity index (χ3v) is 2.62. The number of carbonyl (C=O) groups excluding carboxylic acids is 1. The highest BCUT2D eigenvalue weighted by molar-refractivity contribution is 5.97. The van der Waals surface area contributed by atoms with E-state index in [4.69, 9.17) is 0 Å². The van der Waals surface area contributed by atoms with Gasteiger partial charge in [0.2, 0.25) is 0 Å². The van der Waals surface area contributed by atoms with E-state index in [1.54, 1.807) is 0 Å². The predicted octanol–water partition coefficient (Wildman–Crippen LogP) is 4.34. The van der Waals surface area contributed by atoms with Crippen molar-refractivity contribution in [3.8, 4) is 0 Å². The molecule has 0 radical (unpaired) electrons. The maximum absolute atomic E-state index is 10.6. The van der Waals surface area contributed by atoms with Crippen LogP contribution in [0.1, 0.15) is 10.4 Å². The fourth-order valence-corrected chi connectivity index (χ4v) is 1.74. The van der Waals surface area contributed by atoms with Gasteiger partial charge in [-0.1, -0.05) is 78.9 Å². The Balaban J connectivity index is 0.000000169. The number of rotatable bonds is 1. The second-order valence-corrected chi connectivity index (χ2v) is 3.84. The predicted molar refractivity (Wildman–Crippen MR) is 75.8 cm³/mol. The molecule has 0 unspecified atom stereocenters. The first kappa shape index (κ1) is 12.1. The Morgan fingerprint density at radius 2 is 1.17 bits per heavy atom. The molecule has 0 aromatic heterocycles. The SMILES string of the molecule is O=Cc1cccc2ccccc12.c1ccccc1. The van der Waals surface area contributed by atoms with E-state index in [2.05, 4.69) is 0 Å². The number of aldehydes is 1. The van der Waals surface area contributed by atoms with E-state index < -0.39 is 0 Å². The molecule has 1 heteroatoms. The van der Waals surface area contributed by atoms with Crippen molar-refractivity contribution >= 4 is 17.1 Å².